The minimum Gasteiger partial charge on any atom is -0.389 e. The fraction of sp³-hybridized carbons (Fsp3) is 0.214. The van der Waals surface area contributed by atoms with Crippen molar-refractivity contribution in [2.75, 3.05) is 0 Å². The van der Waals surface area contributed by atoms with Crippen LogP contribution in [-0.2, 0) is 6.54 Å². The first kappa shape index (κ1) is 14.2. The molecule has 20 heavy (non-hydrogen) atoms. The molecule has 1 aromatic carbocycles. The molecule has 1 unspecified atom stereocenters. The molecule has 3 N–H and O–H groups in total. The molecule has 1 atom stereocenters. The summed E-state index contributed by atoms with van der Waals surface area (Å²) in [6.45, 7) is 2.62. The summed E-state index contributed by atoms with van der Waals surface area (Å²) in [5.41, 5.74) is 6.86. The molecule has 1 amide bonds. The lowest BCUT2D eigenvalue weighted by Gasteiger charge is -2.14. The smallest absolute Gasteiger partial charge is 0.251 e. The molecular weight excluding hydrogens is 272 g/mol. The van der Waals surface area contributed by atoms with Gasteiger partial charge in [0.25, 0.3) is 5.91 Å². The van der Waals surface area contributed by atoms with Crippen LogP contribution in [0.2, 0.25) is 0 Å². The summed E-state index contributed by atoms with van der Waals surface area (Å²) < 4.78 is 1.92. The minimum atomic E-state index is -0.118. The van der Waals surface area contributed by atoms with E-state index >= 15 is 0 Å². The molecule has 0 saturated carbocycles. The van der Waals surface area contributed by atoms with Crippen molar-refractivity contribution in [3.63, 3.8) is 0 Å². The van der Waals surface area contributed by atoms with Crippen molar-refractivity contribution in [1.82, 2.24) is 14.9 Å². The molecule has 1 aromatic heterocycles. The van der Waals surface area contributed by atoms with Gasteiger partial charge in [-0.3, -0.25) is 4.79 Å². The highest BCUT2D eigenvalue weighted by molar-refractivity contribution is 7.80. The largest absolute Gasteiger partial charge is 0.389 e. The van der Waals surface area contributed by atoms with E-state index in [1.165, 1.54) is 0 Å². The van der Waals surface area contributed by atoms with Gasteiger partial charge in [-0.15, -0.1) is 0 Å². The van der Waals surface area contributed by atoms with Crippen LogP contribution in [0.3, 0.4) is 0 Å². The monoisotopic (exact) mass is 288 g/mol. The maximum atomic E-state index is 12.1. The van der Waals surface area contributed by atoms with Crippen LogP contribution in [-0.4, -0.2) is 26.5 Å². The summed E-state index contributed by atoms with van der Waals surface area (Å²) in [5, 5.41) is 2.93. The Balaban J connectivity index is 1.95. The van der Waals surface area contributed by atoms with Crippen molar-refractivity contribution in [2.24, 2.45) is 5.73 Å². The molecule has 0 fully saturated rings. The minimum absolute atomic E-state index is 0.00645. The lowest BCUT2D eigenvalue weighted by molar-refractivity contribution is 0.0936. The average molecular weight is 288 g/mol. The normalized spacial score (nSPS) is 11.8. The molecule has 0 bridgehead atoms. The number of hydrogen-bond donors (Lipinski definition) is 2. The van der Waals surface area contributed by atoms with Crippen molar-refractivity contribution in [3.05, 3.63) is 54.1 Å². The zero-order valence-electron chi connectivity index (χ0n) is 11.1. The predicted octanol–water partition coefficient (Wildman–Crippen LogP) is 1.34. The second-order valence-corrected chi connectivity index (χ2v) is 5.02. The van der Waals surface area contributed by atoms with Crippen molar-refractivity contribution >= 4 is 23.1 Å². The third-order valence-electron chi connectivity index (χ3n) is 2.85. The van der Waals surface area contributed by atoms with Crippen LogP contribution in [0, 0.1) is 0 Å². The highest BCUT2D eigenvalue weighted by atomic mass is 32.1. The van der Waals surface area contributed by atoms with Gasteiger partial charge in [0.15, 0.2) is 0 Å². The van der Waals surface area contributed by atoms with Crippen molar-refractivity contribution in [2.45, 2.75) is 19.5 Å². The van der Waals surface area contributed by atoms with Crippen LogP contribution < -0.4 is 11.1 Å². The van der Waals surface area contributed by atoms with Crippen LogP contribution in [0.5, 0.6) is 0 Å². The van der Waals surface area contributed by atoms with Gasteiger partial charge in [-0.25, -0.2) is 4.98 Å². The van der Waals surface area contributed by atoms with Crippen LogP contribution in [0.15, 0.2) is 43.0 Å². The molecular formula is C14H16N4OS. The van der Waals surface area contributed by atoms with Gasteiger partial charge < -0.3 is 15.6 Å². The fourth-order valence-corrected chi connectivity index (χ4v) is 1.99. The second kappa shape index (κ2) is 6.29. The Morgan fingerprint density at radius 3 is 2.60 bits per heavy atom. The molecule has 0 radical (unpaired) electrons. The number of benzene rings is 1. The third-order valence-corrected chi connectivity index (χ3v) is 3.09. The highest BCUT2D eigenvalue weighted by Crippen LogP contribution is 2.05. The van der Waals surface area contributed by atoms with Gasteiger partial charge >= 0.3 is 0 Å². The van der Waals surface area contributed by atoms with Crippen LogP contribution >= 0.6 is 12.2 Å². The van der Waals surface area contributed by atoms with Gasteiger partial charge in [0.1, 0.15) is 4.99 Å². The molecule has 104 valence electrons. The Kier molecular flexibility index (Phi) is 4.47. The van der Waals surface area contributed by atoms with E-state index in [-0.39, 0.29) is 11.9 Å². The summed E-state index contributed by atoms with van der Waals surface area (Å²) in [7, 11) is 0. The van der Waals surface area contributed by atoms with Gasteiger partial charge in [0, 0.05) is 36.1 Å². The van der Waals surface area contributed by atoms with E-state index in [0.29, 0.717) is 17.1 Å². The Morgan fingerprint density at radius 1 is 1.40 bits per heavy atom. The van der Waals surface area contributed by atoms with E-state index in [2.05, 4.69) is 10.3 Å². The third kappa shape index (κ3) is 3.64. The molecule has 0 aliphatic rings. The first-order chi connectivity index (χ1) is 9.56. The molecule has 2 aromatic rings. The van der Waals surface area contributed by atoms with Gasteiger partial charge in [-0.2, -0.15) is 0 Å². The molecule has 2 rings (SSSR count). The number of imidazole rings is 1. The first-order valence-electron chi connectivity index (χ1n) is 6.22. The SMILES string of the molecule is CC(Cn1ccnc1)NC(=O)c1ccc(C(N)=S)cc1. The Hall–Kier alpha value is -2.21. The summed E-state index contributed by atoms with van der Waals surface area (Å²) in [4.78, 5) is 16.4. The predicted molar refractivity (Wildman–Crippen MR) is 81.5 cm³/mol. The second-order valence-electron chi connectivity index (χ2n) is 4.58. The van der Waals surface area contributed by atoms with Crippen molar-refractivity contribution in [1.29, 1.82) is 0 Å². The Bertz CT molecular complexity index is 592. The molecule has 0 spiro atoms. The number of carbonyl (C=O) groups is 1. The number of nitrogens with one attached hydrogen (secondary N) is 1. The van der Waals surface area contributed by atoms with E-state index in [0.717, 1.165) is 5.56 Å². The Labute approximate surface area is 122 Å². The number of amides is 1. The number of carbonyl (C=O) groups excluding carboxylic acids is 1. The van der Waals surface area contributed by atoms with E-state index in [1.807, 2.05) is 17.7 Å². The molecule has 0 aliphatic carbocycles. The zero-order valence-corrected chi connectivity index (χ0v) is 11.9. The fourth-order valence-electron chi connectivity index (χ4n) is 1.85. The van der Waals surface area contributed by atoms with Crippen molar-refractivity contribution in [3.8, 4) is 0 Å². The molecule has 0 saturated heterocycles. The number of thiocarbonyl (C=S) groups is 1. The quantitative estimate of drug-likeness (QED) is 0.814. The average Bonchev–Trinajstić information content (AvgIpc) is 2.91. The van der Waals surface area contributed by atoms with E-state index in [9.17, 15) is 4.79 Å². The van der Waals surface area contributed by atoms with Crippen molar-refractivity contribution < 1.29 is 4.79 Å². The van der Waals surface area contributed by atoms with Gasteiger partial charge in [0.05, 0.1) is 6.33 Å². The molecule has 5 nitrogen and oxygen atoms in total. The lowest BCUT2D eigenvalue weighted by atomic mass is 10.1. The number of aromatic nitrogens is 2. The standard InChI is InChI=1S/C14H16N4OS/c1-10(8-18-7-6-16-9-18)17-14(19)12-4-2-11(3-5-12)13(15)20/h2-7,9-10H,8H2,1H3,(H2,15,20)(H,17,19). The van der Waals surface area contributed by atoms with Gasteiger partial charge in [-0.1, -0.05) is 24.4 Å². The number of rotatable bonds is 5. The number of nitrogens with two attached hydrogens (primary N) is 1. The van der Waals surface area contributed by atoms with E-state index in [1.54, 1.807) is 36.8 Å². The zero-order chi connectivity index (χ0) is 14.5. The Morgan fingerprint density at radius 2 is 2.05 bits per heavy atom. The number of nitrogens with zero attached hydrogens (tertiary/aromatic N) is 2. The van der Waals surface area contributed by atoms with E-state index in [4.69, 9.17) is 18.0 Å². The summed E-state index contributed by atoms with van der Waals surface area (Å²) >= 11 is 4.87. The first-order valence-corrected chi connectivity index (χ1v) is 6.63. The van der Waals surface area contributed by atoms with Gasteiger partial charge in [-0.05, 0) is 19.1 Å². The highest BCUT2D eigenvalue weighted by Gasteiger charge is 2.10. The summed E-state index contributed by atoms with van der Waals surface area (Å²) in [5.74, 6) is -0.118. The van der Waals surface area contributed by atoms with E-state index < -0.39 is 0 Å². The molecule has 6 heteroatoms. The maximum absolute atomic E-state index is 12.1. The maximum Gasteiger partial charge on any atom is 0.251 e. The topological polar surface area (TPSA) is 72.9 Å². The van der Waals surface area contributed by atoms with Crippen LogP contribution in [0.25, 0.3) is 0 Å². The van der Waals surface area contributed by atoms with Gasteiger partial charge in [0.2, 0.25) is 0 Å². The molecule has 1 heterocycles. The molecule has 0 aliphatic heterocycles. The summed E-state index contributed by atoms with van der Waals surface area (Å²) in [6.07, 6.45) is 5.29. The lowest BCUT2D eigenvalue weighted by Crippen LogP contribution is -2.35. The number of hydrogen-bond acceptors (Lipinski definition) is 3. The van der Waals surface area contributed by atoms with Crippen LogP contribution in [0.4, 0.5) is 0 Å². The van der Waals surface area contributed by atoms with Crippen LogP contribution in [0.1, 0.15) is 22.8 Å². The summed E-state index contributed by atoms with van der Waals surface area (Å²) in [6, 6.07) is 6.93.